The molecular weight excluding hydrogens is 541 g/mol. The topological polar surface area (TPSA) is 106 Å². The Hall–Kier alpha value is -3.38. The molecular formula is C26H25F3N2O5S2. The summed E-state index contributed by atoms with van der Waals surface area (Å²) in [6.07, 6.45) is 1.83. The second-order valence-corrected chi connectivity index (χ2v) is 12.1. The van der Waals surface area contributed by atoms with Gasteiger partial charge in [0.1, 0.15) is 16.6 Å². The summed E-state index contributed by atoms with van der Waals surface area (Å²) in [6, 6.07) is 6.21. The van der Waals surface area contributed by atoms with Gasteiger partial charge in [-0.1, -0.05) is 32.1 Å². The molecule has 12 heteroatoms. The van der Waals surface area contributed by atoms with E-state index in [4.69, 9.17) is 9.84 Å². The number of sulfonamides is 1. The van der Waals surface area contributed by atoms with E-state index in [1.54, 1.807) is 6.07 Å². The van der Waals surface area contributed by atoms with Crippen LogP contribution in [0.3, 0.4) is 0 Å². The van der Waals surface area contributed by atoms with Crippen molar-refractivity contribution in [1.82, 2.24) is 4.98 Å². The fourth-order valence-electron chi connectivity index (χ4n) is 4.15. The first-order valence-electron chi connectivity index (χ1n) is 11.5. The Labute approximate surface area is 222 Å². The lowest BCUT2D eigenvalue weighted by atomic mass is 9.77. The molecule has 0 atom stereocenters. The molecule has 0 spiro atoms. The molecule has 7 nitrogen and oxygen atoms in total. The minimum atomic E-state index is -4.39. The van der Waals surface area contributed by atoms with Crippen LogP contribution in [0.25, 0.3) is 16.1 Å². The average Bonchev–Trinajstić information content (AvgIpc) is 3.35. The summed E-state index contributed by atoms with van der Waals surface area (Å²) in [5, 5.41) is 9.86. The van der Waals surface area contributed by atoms with Crippen LogP contribution in [0.15, 0.2) is 46.8 Å². The number of halogens is 3. The lowest BCUT2D eigenvalue weighted by Gasteiger charge is -2.29. The number of ether oxygens (including phenoxy) is 1. The van der Waals surface area contributed by atoms with Crippen LogP contribution in [0.1, 0.15) is 61.0 Å². The summed E-state index contributed by atoms with van der Waals surface area (Å²) in [5.74, 6) is -2.95. The number of thiazole rings is 1. The van der Waals surface area contributed by atoms with E-state index in [2.05, 4.69) is 29.6 Å². The van der Waals surface area contributed by atoms with Gasteiger partial charge in [-0.15, -0.1) is 11.3 Å². The van der Waals surface area contributed by atoms with E-state index in [0.29, 0.717) is 11.6 Å². The van der Waals surface area contributed by atoms with Crippen LogP contribution in [0.4, 0.5) is 18.9 Å². The van der Waals surface area contributed by atoms with Crippen LogP contribution >= 0.6 is 11.3 Å². The highest BCUT2D eigenvalue weighted by atomic mass is 32.2. The number of carboxylic acids is 1. The highest BCUT2D eigenvalue weighted by molar-refractivity contribution is 7.92. The van der Waals surface area contributed by atoms with Crippen LogP contribution in [0.2, 0.25) is 0 Å². The minimum absolute atomic E-state index is 0.0744. The van der Waals surface area contributed by atoms with Gasteiger partial charge < -0.3 is 9.84 Å². The van der Waals surface area contributed by atoms with Crippen molar-refractivity contribution >= 4 is 38.6 Å². The van der Waals surface area contributed by atoms with Gasteiger partial charge in [-0.2, -0.15) is 8.42 Å². The monoisotopic (exact) mass is 566 g/mol. The number of nitrogens with one attached hydrogen (secondary N) is 1. The summed E-state index contributed by atoms with van der Waals surface area (Å²) in [4.78, 5) is 15.2. The van der Waals surface area contributed by atoms with Gasteiger partial charge in [0, 0.05) is 22.6 Å². The molecule has 1 aliphatic carbocycles. The highest BCUT2D eigenvalue weighted by Gasteiger charge is 2.26. The van der Waals surface area contributed by atoms with Crippen molar-refractivity contribution in [2.24, 2.45) is 5.41 Å². The molecule has 0 saturated carbocycles. The van der Waals surface area contributed by atoms with Gasteiger partial charge in [0.2, 0.25) is 0 Å². The lowest BCUT2D eigenvalue weighted by Crippen LogP contribution is -2.15. The molecule has 0 amide bonds. The quantitative estimate of drug-likeness (QED) is 0.305. The van der Waals surface area contributed by atoms with E-state index in [0.717, 1.165) is 49.3 Å². The number of aromatic nitrogens is 1. The number of hydrogen-bond acceptors (Lipinski definition) is 6. The van der Waals surface area contributed by atoms with Crippen molar-refractivity contribution in [2.75, 3.05) is 11.8 Å². The van der Waals surface area contributed by atoms with Gasteiger partial charge in [-0.05, 0) is 47.9 Å². The summed E-state index contributed by atoms with van der Waals surface area (Å²) in [7, 11) is -3.23. The second kappa shape index (κ2) is 10.4. The fraction of sp³-hybridized carbons (Fsp3) is 0.308. The van der Waals surface area contributed by atoms with E-state index in [1.165, 1.54) is 17.5 Å². The van der Waals surface area contributed by atoms with Crippen molar-refractivity contribution in [1.29, 1.82) is 0 Å². The predicted octanol–water partition coefficient (Wildman–Crippen LogP) is 6.99. The van der Waals surface area contributed by atoms with Gasteiger partial charge in [0.05, 0.1) is 18.4 Å². The number of rotatable bonds is 8. The summed E-state index contributed by atoms with van der Waals surface area (Å²) in [6.45, 7) is 4.32. The Morgan fingerprint density at radius 3 is 2.58 bits per heavy atom. The summed E-state index contributed by atoms with van der Waals surface area (Å²) < 4.78 is 75.3. The predicted molar refractivity (Wildman–Crippen MR) is 139 cm³/mol. The lowest BCUT2D eigenvalue weighted by molar-refractivity contribution is 0.0691. The van der Waals surface area contributed by atoms with Crippen molar-refractivity contribution in [2.45, 2.75) is 44.6 Å². The summed E-state index contributed by atoms with van der Waals surface area (Å²) in [5.41, 5.74) is 0.681. The molecule has 1 aliphatic rings. The number of benzene rings is 2. The Balaban J connectivity index is 1.65. The normalized spacial score (nSPS) is 15.3. The zero-order chi connectivity index (χ0) is 27.8. The Morgan fingerprint density at radius 1 is 1.24 bits per heavy atom. The smallest absolute Gasteiger partial charge is 0.338 e. The zero-order valence-electron chi connectivity index (χ0n) is 20.7. The van der Waals surface area contributed by atoms with Crippen LogP contribution in [0, 0.1) is 11.2 Å². The average molecular weight is 567 g/mol. The number of methoxy groups -OCH3 is 1. The van der Waals surface area contributed by atoms with Crippen molar-refractivity contribution in [3.05, 3.63) is 64.3 Å². The van der Waals surface area contributed by atoms with E-state index < -0.39 is 38.8 Å². The van der Waals surface area contributed by atoms with E-state index in [1.807, 2.05) is 0 Å². The molecule has 0 fully saturated rings. The van der Waals surface area contributed by atoms with E-state index in [-0.39, 0.29) is 33.0 Å². The first-order chi connectivity index (χ1) is 17.8. The maximum atomic E-state index is 14.2. The standard InChI is InChI=1S/C26H25F3N2O5S2/c1-26(2)8-6-14(7-9-26)15-4-5-16(17(10-15)23(28)29)24-30-22(13-37-24)38(34,35)31-20-12-19(27)18(25(32)33)11-21(20)36-3/h4-6,10-13,23,31H,7-9H2,1-3H3,(H,32,33). The Morgan fingerprint density at radius 2 is 1.97 bits per heavy atom. The molecule has 202 valence electrons. The molecule has 0 radical (unpaired) electrons. The molecule has 0 aliphatic heterocycles. The number of allylic oxidation sites excluding steroid dienone is 2. The molecule has 0 unspecified atom stereocenters. The fourth-order valence-corrected chi connectivity index (χ4v) is 6.35. The molecule has 0 bridgehead atoms. The second-order valence-electron chi connectivity index (χ2n) is 9.63. The number of aromatic carboxylic acids is 1. The minimum Gasteiger partial charge on any atom is -0.495 e. The first-order valence-corrected chi connectivity index (χ1v) is 13.9. The molecule has 2 N–H and O–H groups in total. The van der Waals surface area contributed by atoms with Crippen LogP contribution in [0.5, 0.6) is 5.75 Å². The van der Waals surface area contributed by atoms with E-state index in [9.17, 15) is 26.4 Å². The number of carbonyl (C=O) groups is 1. The molecule has 3 aromatic rings. The van der Waals surface area contributed by atoms with Crippen LogP contribution in [-0.4, -0.2) is 31.6 Å². The van der Waals surface area contributed by atoms with E-state index >= 15 is 0 Å². The van der Waals surface area contributed by atoms with Gasteiger partial charge in [0.15, 0.2) is 5.03 Å². The number of nitrogens with zero attached hydrogens (tertiary/aromatic N) is 1. The van der Waals surface area contributed by atoms with Crippen LogP contribution < -0.4 is 9.46 Å². The third-order valence-electron chi connectivity index (χ3n) is 6.38. The number of alkyl halides is 2. The number of carboxylic acid groups (broad SMARTS) is 1. The highest BCUT2D eigenvalue weighted by Crippen LogP contribution is 2.41. The number of anilines is 1. The summed E-state index contributed by atoms with van der Waals surface area (Å²) >= 11 is 0.871. The first kappa shape index (κ1) is 27.6. The van der Waals surface area contributed by atoms with Gasteiger partial charge in [-0.25, -0.2) is 22.9 Å². The molecule has 1 aromatic heterocycles. The van der Waals surface area contributed by atoms with Gasteiger partial charge in [-0.3, -0.25) is 4.72 Å². The maximum absolute atomic E-state index is 14.2. The maximum Gasteiger partial charge on any atom is 0.338 e. The SMILES string of the molecule is COc1cc(C(=O)O)c(F)cc1NS(=O)(=O)c1csc(-c2ccc(C3=CCC(C)(C)CC3)cc2C(F)F)n1. The zero-order valence-corrected chi connectivity index (χ0v) is 22.4. The molecule has 4 rings (SSSR count). The Bertz CT molecular complexity index is 1530. The molecule has 1 heterocycles. The van der Waals surface area contributed by atoms with Crippen molar-refractivity contribution < 1.29 is 36.2 Å². The van der Waals surface area contributed by atoms with Crippen LogP contribution in [-0.2, 0) is 10.0 Å². The molecule has 38 heavy (non-hydrogen) atoms. The van der Waals surface area contributed by atoms with Gasteiger partial charge in [0.25, 0.3) is 16.4 Å². The third kappa shape index (κ3) is 5.70. The molecule has 0 saturated heterocycles. The van der Waals surface area contributed by atoms with Crippen molar-refractivity contribution in [3.8, 4) is 16.3 Å². The Kier molecular flexibility index (Phi) is 7.57. The van der Waals surface area contributed by atoms with Crippen molar-refractivity contribution in [3.63, 3.8) is 0 Å². The molecule has 2 aromatic carbocycles. The largest absolute Gasteiger partial charge is 0.495 e. The third-order valence-corrected chi connectivity index (χ3v) is 8.66. The number of hydrogen-bond donors (Lipinski definition) is 2. The van der Waals surface area contributed by atoms with Gasteiger partial charge >= 0.3 is 5.97 Å².